The lowest BCUT2D eigenvalue weighted by atomic mass is 9.49. The predicted octanol–water partition coefficient (Wildman–Crippen LogP) is 7.98. The van der Waals surface area contributed by atoms with Crippen molar-refractivity contribution in [1.29, 1.82) is 0 Å². The van der Waals surface area contributed by atoms with Crippen LogP contribution in [-0.4, -0.2) is 50.8 Å². The van der Waals surface area contributed by atoms with Gasteiger partial charge in [-0.1, -0.05) is 69.0 Å². The SMILES string of the molecule is COc1cc(Br)cc([C@H]2C3=CC[C@@H]4C(=O)N(c5cccc([N+](=O)[O-])c5)C(=O)[C@@H]4[C@@H]3C[C@H]3C(=O)N(Nc4ncc(C(F)(F)F)cc4Cl)C(=O)[C@@]23c2ccc(Cl)cc2)c1O. The molecule has 3 aromatic carbocycles. The highest BCUT2D eigenvalue weighted by Crippen LogP contribution is 2.65. The lowest BCUT2D eigenvalue weighted by Crippen LogP contribution is -2.53. The van der Waals surface area contributed by atoms with E-state index in [2.05, 4.69) is 26.3 Å². The summed E-state index contributed by atoms with van der Waals surface area (Å²) in [6, 6.07) is 14.8. The second-order valence-electron chi connectivity index (χ2n) is 14.3. The van der Waals surface area contributed by atoms with Crippen molar-refractivity contribution < 1.29 is 47.1 Å². The van der Waals surface area contributed by atoms with Gasteiger partial charge in [0.25, 0.3) is 17.5 Å². The molecule has 8 rings (SSSR count). The van der Waals surface area contributed by atoms with E-state index in [1.807, 2.05) is 0 Å². The Balaban J connectivity index is 1.33. The van der Waals surface area contributed by atoms with E-state index in [1.54, 1.807) is 24.3 Å². The molecule has 4 amide bonds. The van der Waals surface area contributed by atoms with Crippen LogP contribution < -0.4 is 15.1 Å². The number of halogens is 6. The highest BCUT2D eigenvalue weighted by atomic mass is 79.9. The van der Waals surface area contributed by atoms with Gasteiger partial charge in [-0.2, -0.15) is 18.2 Å². The fraction of sp³-hybridized carbons (Fsp3) is 0.256. The summed E-state index contributed by atoms with van der Waals surface area (Å²) in [4.78, 5) is 74.6. The number of hydrogen-bond acceptors (Lipinski definition) is 10. The molecule has 2 saturated heterocycles. The van der Waals surface area contributed by atoms with E-state index in [4.69, 9.17) is 27.9 Å². The van der Waals surface area contributed by atoms with E-state index in [1.165, 1.54) is 43.5 Å². The normalized spacial score (nSPS) is 25.3. The minimum Gasteiger partial charge on any atom is -0.504 e. The molecule has 58 heavy (non-hydrogen) atoms. The number of pyridine rings is 1. The summed E-state index contributed by atoms with van der Waals surface area (Å²) >= 11 is 16.0. The van der Waals surface area contributed by atoms with Crippen molar-refractivity contribution in [3.05, 3.63) is 126 Å². The maximum Gasteiger partial charge on any atom is 0.417 e. The van der Waals surface area contributed by atoms with Gasteiger partial charge >= 0.3 is 6.18 Å². The van der Waals surface area contributed by atoms with Crippen LogP contribution >= 0.6 is 39.1 Å². The summed E-state index contributed by atoms with van der Waals surface area (Å²) < 4.78 is 46.5. The Bertz CT molecular complexity index is 2510. The second kappa shape index (κ2) is 14.1. The number of nitrogens with one attached hydrogen (secondary N) is 1. The van der Waals surface area contributed by atoms with Crippen LogP contribution in [0.4, 0.5) is 30.4 Å². The number of rotatable bonds is 7. The zero-order chi connectivity index (χ0) is 41.6. The van der Waals surface area contributed by atoms with E-state index in [-0.39, 0.29) is 46.1 Å². The van der Waals surface area contributed by atoms with Crippen molar-refractivity contribution in [2.45, 2.75) is 30.4 Å². The van der Waals surface area contributed by atoms with Gasteiger partial charge in [0.2, 0.25) is 11.8 Å². The molecule has 0 bridgehead atoms. The summed E-state index contributed by atoms with van der Waals surface area (Å²) in [5, 5.41) is 23.9. The Kier molecular flexibility index (Phi) is 9.55. The third-order valence-corrected chi connectivity index (χ3v) is 12.5. The zero-order valence-electron chi connectivity index (χ0n) is 29.7. The van der Waals surface area contributed by atoms with Gasteiger partial charge in [-0.15, -0.1) is 0 Å². The molecule has 0 spiro atoms. The van der Waals surface area contributed by atoms with Crippen LogP contribution in [-0.2, 0) is 30.8 Å². The first-order valence-corrected chi connectivity index (χ1v) is 19.1. The van der Waals surface area contributed by atoms with Crippen molar-refractivity contribution in [3.8, 4) is 11.5 Å². The number of hydrogen-bond donors (Lipinski definition) is 2. The fourth-order valence-corrected chi connectivity index (χ4v) is 9.89. The minimum absolute atomic E-state index is 0.0000444. The van der Waals surface area contributed by atoms with Gasteiger partial charge in [-0.3, -0.25) is 34.7 Å². The number of methoxy groups -OCH3 is 1. The molecule has 6 atom stereocenters. The Morgan fingerprint density at radius 1 is 1.02 bits per heavy atom. The van der Waals surface area contributed by atoms with Gasteiger partial charge in [0.15, 0.2) is 17.3 Å². The molecule has 3 fully saturated rings. The Morgan fingerprint density at radius 2 is 1.74 bits per heavy atom. The number of imide groups is 2. The lowest BCUT2D eigenvalue weighted by Gasteiger charge is -2.50. The summed E-state index contributed by atoms with van der Waals surface area (Å²) in [6.45, 7) is 0. The number of nitrogens with zero attached hydrogens (tertiary/aromatic N) is 4. The summed E-state index contributed by atoms with van der Waals surface area (Å²) in [6.07, 6.45) is -2.79. The van der Waals surface area contributed by atoms with Crippen LogP contribution in [0.3, 0.4) is 0 Å². The van der Waals surface area contributed by atoms with Crippen LogP contribution in [0.2, 0.25) is 10.0 Å². The summed E-state index contributed by atoms with van der Waals surface area (Å²) in [5.74, 6) is -9.44. The van der Waals surface area contributed by atoms with Crippen molar-refractivity contribution in [2.75, 3.05) is 17.4 Å². The number of benzene rings is 3. The van der Waals surface area contributed by atoms with Crippen molar-refractivity contribution in [1.82, 2.24) is 9.99 Å². The van der Waals surface area contributed by atoms with E-state index in [9.17, 15) is 42.8 Å². The minimum atomic E-state index is -4.80. The molecule has 4 aliphatic rings. The first kappa shape index (κ1) is 39.3. The maximum absolute atomic E-state index is 15.4. The molecule has 2 aliphatic carbocycles. The summed E-state index contributed by atoms with van der Waals surface area (Å²) in [5.41, 5.74) is -0.0844. The zero-order valence-corrected chi connectivity index (χ0v) is 32.8. The number of ether oxygens (including phenoxy) is 1. The number of aromatic nitrogens is 1. The number of nitro groups is 1. The third kappa shape index (κ3) is 5.92. The van der Waals surface area contributed by atoms with Crippen LogP contribution in [0, 0.1) is 33.8 Å². The molecule has 0 radical (unpaired) electrons. The number of carbonyl (C=O) groups is 4. The smallest absolute Gasteiger partial charge is 0.417 e. The van der Waals surface area contributed by atoms with Crippen molar-refractivity contribution >= 4 is 80.0 Å². The molecule has 2 aliphatic heterocycles. The molecule has 1 aromatic heterocycles. The molecule has 3 heterocycles. The van der Waals surface area contributed by atoms with Crippen molar-refractivity contribution in [2.24, 2.45) is 23.7 Å². The molecule has 4 aromatic rings. The number of carbonyl (C=O) groups excluding carboxylic acids is 4. The van der Waals surface area contributed by atoms with Gasteiger partial charge in [0, 0.05) is 39.3 Å². The number of non-ortho nitro benzene ring substituents is 1. The number of phenols is 1. The van der Waals surface area contributed by atoms with E-state index in [0.717, 1.165) is 11.0 Å². The van der Waals surface area contributed by atoms with E-state index < -0.39 is 91.9 Å². The van der Waals surface area contributed by atoms with Crippen LogP contribution in [0.25, 0.3) is 0 Å². The quantitative estimate of drug-likeness (QED) is 0.0802. The molecule has 13 nitrogen and oxygen atoms in total. The number of allylic oxidation sites excluding steroid dienone is 2. The number of aromatic hydroxyl groups is 1. The van der Waals surface area contributed by atoms with Crippen LogP contribution in [0.1, 0.15) is 35.4 Å². The van der Waals surface area contributed by atoms with Gasteiger partial charge in [0.1, 0.15) is 0 Å². The fourth-order valence-electron chi connectivity index (χ4n) is 9.10. The topological polar surface area (TPSA) is 172 Å². The largest absolute Gasteiger partial charge is 0.504 e. The average molecular weight is 901 g/mol. The molecule has 2 N–H and O–H groups in total. The molecular formula is C39H27BrCl2F3N5O8. The third-order valence-electron chi connectivity index (χ3n) is 11.5. The van der Waals surface area contributed by atoms with Crippen LogP contribution in [0.5, 0.6) is 11.5 Å². The Labute approximate surface area is 344 Å². The summed E-state index contributed by atoms with van der Waals surface area (Å²) in [7, 11) is 1.32. The number of fused-ring (bicyclic) bond motifs is 4. The molecule has 1 saturated carbocycles. The molecular weight excluding hydrogens is 874 g/mol. The van der Waals surface area contributed by atoms with Gasteiger partial charge in [-0.05, 0) is 60.7 Å². The average Bonchev–Trinajstić information content (AvgIpc) is 3.56. The standard InChI is InChI=1S/C39H27BrCl2F3N5O8/c1-58-29-13-19(40)12-26(32(29)51)31-23-9-10-24-30(36(54)48(34(24)52)21-3-2-4-22(14-21)50(56)57)25(23)15-27-35(53)49(37(55)38(27,31)17-5-7-20(41)8-6-17)47-33-28(42)11-18(16-46-33)39(43,44)45/h2-9,11-14,16,24-25,27,30-31,51H,10,15H2,1H3,(H,46,47)/t24-,25+,27-,30-,31+,38+/m0/s1. The monoisotopic (exact) mass is 899 g/mol. The highest BCUT2D eigenvalue weighted by Gasteiger charge is 2.71. The Morgan fingerprint density at radius 3 is 2.40 bits per heavy atom. The number of phenolic OH excluding ortho intramolecular Hbond substituents is 1. The lowest BCUT2D eigenvalue weighted by molar-refractivity contribution is -0.384. The first-order valence-electron chi connectivity index (χ1n) is 17.5. The number of hydrazine groups is 1. The van der Waals surface area contributed by atoms with Gasteiger partial charge in [0.05, 0.1) is 51.5 Å². The molecule has 298 valence electrons. The number of anilines is 2. The second-order valence-corrected chi connectivity index (χ2v) is 16.0. The predicted molar refractivity (Wildman–Crippen MR) is 205 cm³/mol. The van der Waals surface area contributed by atoms with E-state index >= 15 is 4.79 Å². The highest BCUT2D eigenvalue weighted by molar-refractivity contribution is 9.10. The molecule has 0 unspecified atom stereocenters. The molecule has 19 heteroatoms. The number of nitro benzene ring substituents is 1. The van der Waals surface area contributed by atoms with Gasteiger partial charge in [-0.25, -0.2) is 9.88 Å². The maximum atomic E-state index is 15.4. The van der Waals surface area contributed by atoms with Crippen LogP contribution in [0.15, 0.2) is 89.0 Å². The van der Waals surface area contributed by atoms with E-state index in [0.29, 0.717) is 27.3 Å². The Hall–Kier alpha value is -5.52. The first-order chi connectivity index (χ1) is 27.5. The van der Waals surface area contributed by atoms with Gasteiger partial charge < -0.3 is 9.84 Å². The number of alkyl halides is 3. The number of amides is 4. The van der Waals surface area contributed by atoms with Crippen molar-refractivity contribution in [3.63, 3.8) is 0 Å².